The third kappa shape index (κ3) is 5.82. The van der Waals surface area contributed by atoms with E-state index in [1.54, 1.807) is 6.07 Å². The minimum Gasteiger partial charge on any atom is -0.369 e. The van der Waals surface area contributed by atoms with Crippen molar-refractivity contribution in [2.24, 2.45) is 0 Å². The number of pyridine rings is 1. The Morgan fingerprint density at radius 3 is 2.61 bits per heavy atom. The van der Waals surface area contributed by atoms with Gasteiger partial charge in [-0.05, 0) is 31.2 Å². The van der Waals surface area contributed by atoms with Gasteiger partial charge in [0.2, 0.25) is 0 Å². The van der Waals surface area contributed by atoms with Gasteiger partial charge in [-0.15, -0.1) is 0 Å². The van der Waals surface area contributed by atoms with E-state index in [1.807, 2.05) is 11.0 Å². The summed E-state index contributed by atoms with van der Waals surface area (Å²) in [6, 6.07) is 8.46. The summed E-state index contributed by atoms with van der Waals surface area (Å²) in [5, 5.41) is 22.9. The standard InChI is InChI=1S/C20H21F3N6O2/c21-20(22,23)16-3-1-4-17(12-16)28-9-7-27(8-10-28)6-2-5-25-19-15(13-24)11-18(14-26-19)29(30)31/h1,3-4,11-12,14H,2,5-10H2,(H,25,26). The van der Waals surface area contributed by atoms with Crippen LogP contribution in [0.3, 0.4) is 0 Å². The molecule has 1 saturated heterocycles. The first-order chi connectivity index (χ1) is 14.8. The lowest BCUT2D eigenvalue weighted by atomic mass is 10.1. The Kier molecular flexibility index (Phi) is 6.91. The van der Waals surface area contributed by atoms with Crippen molar-refractivity contribution >= 4 is 17.2 Å². The van der Waals surface area contributed by atoms with Gasteiger partial charge in [0.1, 0.15) is 23.6 Å². The molecule has 0 unspecified atom stereocenters. The summed E-state index contributed by atoms with van der Waals surface area (Å²) in [4.78, 5) is 18.3. The summed E-state index contributed by atoms with van der Waals surface area (Å²) >= 11 is 0. The average molecular weight is 434 g/mol. The van der Waals surface area contributed by atoms with Gasteiger partial charge in [-0.25, -0.2) is 4.98 Å². The van der Waals surface area contributed by atoms with Crippen molar-refractivity contribution in [1.29, 1.82) is 5.26 Å². The molecule has 1 aromatic carbocycles. The fraction of sp³-hybridized carbons (Fsp3) is 0.400. The molecule has 11 heteroatoms. The molecule has 2 aromatic rings. The van der Waals surface area contributed by atoms with E-state index in [4.69, 9.17) is 5.26 Å². The number of halogens is 3. The van der Waals surface area contributed by atoms with E-state index in [9.17, 15) is 23.3 Å². The van der Waals surface area contributed by atoms with Crippen molar-refractivity contribution in [2.75, 3.05) is 49.5 Å². The highest BCUT2D eigenvalue weighted by molar-refractivity contribution is 5.55. The van der Waals surface area contributed by atoms with E-state index in [1.165, 1.54) is 18.2 Å². The average Bonchev–Trinajstić information content (AvgIpc) is 2.76. The summed E-state index contributed by atoms with van der Waals surface area (Å²) in [6.07, 6.45) is -2.49. The molecule has 0 saturated carbocycles. The zero-order valence-electron chi connectivity index (χ0n) is 16.6. The maximum atomic E-state index is 12.9. The molecule has 0 aliphatic carbocycles. The van der Waals surface area contributed by atoms with Crippen LogP contribution in [0.5, 0.6) is 0 Å². The van der Waals surface area contributed by atoms with Crippen LogP contribution in [0, 0.1) is 21.4 Å². The number of benzene rings is 1. The molecule has 0 radical (unpaired) electrons. The van der Waals surface area contributed by atoms with Gasteiger partial charge in [-0.1, -0.05) is 6.07 Å². The molecule has 1 fully saturated rings. The second kappa shape index (κ2) is 9.61. The van der Waals surface area contributed by atoms with E-state index in [0.717, 1.165) is 38.3 Å². The number of hydrogen-bond donors (Lipinski definition) is 1. The SMILES string of the molecule is N#Cc1cc([N+](=O)[O-])cnc1NCCCN1CCN(c2cccc(C(F)(F)F)c2)CC1. The number of nitro groups is 1. The number of nitrogens with zero attached hydrogens (tertiary/aromatic N) is 5. The minimum atomic E-state index is -4.35. The molecule has 1 aromatic heterocycles. The molecule has 8 nitrogen and oxygen atoms in total. The maximum Gasteiger partial charge on any atom is 0.416 e. The van der Waals surface area contributed by atoms with E-state index in [-0.39, 0.29) is 11.3 Å². The van der Waals surface area contributed by atoms with E-state index in [2.05, 4.69) is 15.2 Å². The first-order valence-corrected chi connectivity index (χ1v) is 9.71. The Hall–Kier alpha value is -3.39. The number of piperazine rings is 1. The number of nitriles is 1. The predicted octanol–water partition coefficient (Wildman–Crippen LogP) is 3.50. The number of hydrogen-bond acceptors (Lipinski definition) is 7. The monoisotopic (exact) mass is 434 g/mol. The third-order valence-corrected chi connectivity index (χ3v) is 5.06. The number of aromatic nitrogens is 1. The highest BCUT2D eigenvalue weighted by Crippen LogP contribution is 2.31. The van der Waals surface area contributed by atoms with Crippen molar-refractivity contribution in [3.05, 3.63) is 57.8 Å². The van der Waals surface area contributed by atoms with E-state index < -0.39 is 16.7 Å². The van der Waals surface area contributed by atoms with E-state index >= 15 is 0 Å². The Morgan fingerprint density at radius 2 is 1.97 bits per heavy atom. The second-order valence-electron chi connectivity index (χ2n) is 7.12. The zero-order valence-corrected chi connectivity index (χ0v) is 16.6. The molecule has 0 atom stereocenters. The van der Waals surface area contributed by atoms with Gasteiger partial charge in [-0.2, -0.15) is 18.4 Å². The lowest BCUT2D eigenvalue weighted by molar-refractivity contribution is -0.385. The number of alkyl halides is 3. The quantitative estimate of drug-likeness (QED) is 0.405. The molecule has 3 rings (SSSR count). The molecular weight excluding hydrogens is 413 g/mol. The van der Waals surface area contributed by atoms with Crippen LogP contribution in [0.2, 0.25) is 0 Å². The third-order valence-electron chi connectivity index (χ3n) is 5.06. The van der Waals surface area contributed by atoms with Crippen LogP contribution in [0.1, 0.15) is 17.5 Å². The summed E-state index contributed by atoms with van der Waals surface area (Å²) in [5.74, 6) is 0.308. The molecule has 1 N–H and O–H groups in total. The lowest BCUT2D eigenvalue weighted by Gasteiger charge is -2.36. The van der Waals surface area contributed by atoms with Crippen LogP contribution in [-0.4, -0.2) is 54.1 Å². The molecule has 1 aliphatic rings. The second-order valence-corrected chi connectivity index (χ2v) is 7.12. The maximum absolute atomic E-state index is 12.9. The van der Waals surface area contributed by atoms with Crippen LogP contribution >= 0.6 is 0 Å². The fourth-order valence-corrected chi connectivity index (χ4v) is 3.40. The van der Waals surface area contributed by atoms with Crippen LogP contribution < -0.4 is 10.2 Å². The fourth-order valence-electron chi connectivity index (χ4n) is 3.40. The minimum absolute atomic E-state index is 0.115. The smallest absolute Gasteiger partial charge is 0.369 e. The summed E-state index contributed by atoms with van der Waals surface area (Å²) in [7, 11) is 0. The van der Waals surface area contributed by atoms with Crippen LogP contribution in [0.4, 0.5) is 30.4 Å². The van der Waals surface area contributed by atoms with Gasteiger partial charge in [0.05, 0.1) is 10.5 Å². The van der Waals surface area contributed by atoms with Gasteiger partial charge in [0.25, 0.3) is 5.69 Å². The normalized spacial score (nSPS) is 14.8. The number of anilines is 2. The topological polar surface area (TPSA) is 98.3 Å². The van der Waals surface area contributed by atoms with Crippen LogP contribution in [0.15, 0.2) is 36.5 Å². The molecule has 31 heavy (non-hydrogen) atoms. The Bertz CT molecular complexity index is 968. The van der Waals surface area contributed by atoms with Gasteiger partial charge < -0.3 is 10.2 Å². The number of rotatable bonds is 7. The lowest BCUT2D eigenvalue weighted by Crippen LogP contribution is -2.46. The van der Waals surface area contributed by atoms with Crippen molar-refractivity contribution in [2.45, 2.75) is 12.6 Å². The molecule has 1 aliphatic heterocycles. The Balaban J connectivity index is 1.44. The first-order valence-electron chi connectivity index (χ1n) is 9.71. The molecular formula is C20H21F3N6O2. The molecule has 2 heterocycles. The van der Waals surface area contributed by atoms with Crippen molar-refractivity contribution in [3.8, 4) is 6.07 Å². The summed E-state index contributed by atoms with van der Waals surface area (Å²) in [6.45, 7) is 4.05. The molecule has 164 valence electrons. The largest absolute Gasteiger partial charge is 0.416 e. The molecule has 0 bridgehead atoms. The Labute approximate surface area is 177 Å². The van der Waals surface area contributed by atoms with Crippen LogP contribution in [0.25, 0.3) is 0 Å². The van der Waals surface area contributed by atoms with E-state index in [0.29, 0.717) is 31.1 Å². The van der Waals surface area contributed by atoms with Gasteiger partial charge in [0.15, 0.2) is 0 Å². The predicted molar refractivity (Wildman–Crippen MR) is 109 cm³/mol. The van der Waals surface area contributed by atoms with Crippen molar-refractivity contribution in [1.82, 2.24) is 9.88 Å². The summed E-state index contributed by atoms with van der Waals surface area (Å²) < 4.78 is 38.7. The van der Waals surface area contributed by atoms with Gasteiger partial charge in [-0.3, -0.25) is 15.0 Å². The molecule has 0 spiro atoms. The highest BCUT2D eigenvalue weighted by atomic mass is 19.4. The highest BCUT2D eigenvalue weighted by Gasteiger charge is 2.31. The van der Waals surface area contributed by atoms with Gasteiger partial charge in [0, 0.05) is 44.5 Å². The summed E-state index contributed by atoms with van der Waals surface area (Å²) in [5.41, 5.74) is -0.191. The number of nitrogens with one attached hydrogen (secondary N) is 1. The van der Waals surface area contributed by atoms with Gasteiger partial charge >= 0.3 is 6.18 Å². The molecule has 0 amide bonds. The Morgan fingerprint density at radius 1 is 1.23 bits per heavy atom. The van der Waals surface area contributed by atoms with Crippen LogP contribution in [-0.2, 0) is 6.18 Å². The van der Waals surface area contributed by atoms with Crippen molar-refractivity contribution in [3.63, 3.8) is 0 Å². The van der Waals surface area contributed by atoms with Crippen molar-refractivity contribution < 1.29 is 18.1 Å². The zero-order chi connectivity index (χ0) is 22.4. The first kappa shape index (κ1) is 22.3.